The van der Waals surface area contributed by atoms with Gasteiger partial charge >= 0.3 is 0 Å². The number of hydrogen-bond donors (Lipinski definition) is 3. The van der Waals surface area contributed by atoms with Crippen molar-refractivity contribution in [2.75, 3.05) is 6.54 Å². The van der Waals surface area contributed by atoms with Gasteiger partial charge in [-0.15, -0.1) is 0 Å². The third-order valence-electron chi connectivity index (χ3n) is 3.60. The number of phenolic OH excluding ortho intramolecular Hbond substituents is 2. The summed E-state index contributed by atoms with van der Waals surface area (Å²) in [6.45, 7) is 7.62. The molecule has 0 spiro atoms. The lowest BCUT2D eigenvalue weighted by atomic mass is 9.86. The van der Waals surface area contributed by atoms with Crippen LogP contribution in [0.25, 0.3) is 0 Å². The normalized spacial score (nSPS) is 16.6. The summed E-state index contributed by atoms with van der Waals surface area (Å²) in [4.78, 5) is 4.32. The smallest absolute Gasteiger partial charge is 0.157 e. The van der Waals surface area contributed by atoms with Crippen molar-refractivity contribution < 1.29 is 10.2 Å². The number of nitrogens with zero attached hydrogens (tertiary/aromatic N) is 1. The summed E-state index contributed by atoms with van der Waals surface area (Å²) < 4.78 is 0. The molecule has 1 aromatic carbocycles. The second-order valence-electron chi connectivity index (χ2n) is 4.96. The van der Waals surface area contributed by atoms with Crippen molar-refractivity contribution in [3.63, 3.8) is 0 Å². The van der Waals surface area contributed by atoms with E-state index in [2.05, 4.69) is 16.4 Å². The molecule has 3 rings (SSSR count). The zero-order valence-electron chi connectivity index (χ0n) is 12.7. The molecule has 4 heteroatoms. The van der Waals surface area contributed by atoms with Gasteiger partial charge in [-0.25, -0.2) is 0 Å². The highest BCUT2D eigenvalue weighted by atomic mass is 16.3. The Bertz CT molecular complexity index is 626. The monoisotopic (exact) mass is 286 g/mol. The van der Waals surface area contributed by atoms with Gasteiger partial charge in [0.05, 0.1) is 0 Å². The minimum Gasteiger partial charge on any atom is -0.504 e. The third kappa shape index (κ3) is 3.16. The number of benzene rings is 1. The lowest BCUT2D eigenvalue weighted by Crippen LogP contribution is -2.29. The number of aromatic hydroxyl groups is 2. The maximum Gasteiger partial charge on any atom is 0.157 e. The quantitative estimate of drug-likeness (QED) is 0.705. The maximum absolute atomic E-state index is 9.65. The molecule has 0 amide bonds. The van der Waals surface area contributed by atoms with E-state index in [4.69, 9.17) is 0 Å². The van der Waals surface area contributed by atoms with Gasteiger partial charge in [-0.2, -0.15) is 0 Å². The molecule has 3 N–H and O–H groups in total. The Kier molecular flexibility index (Phi) is 4.81. The van der Waals surface area contributed by atoms with Crippen LogP contribution in [0, 0.1) is 6.92 Å². The summed E-state index contributed by atoms with van der Waals surface area (Å²) in [7, 11) is 0. The molecule has 0 fully saturated rings. The fourth-order valence-corrected chi connectivity index (χ4v) is 2.60. The molecule has 2 heterocycles. The Labute approximate surface area is 125 Å². The molecule has 4 nitrogen and oxygen atoms in total. The SMILES string of the molecule is CC.Cc1cc2c(cn1)CNCC2c1ccc(O)c(O)c1. The lowest BCUT2D eigenvalue weighted by molar-refractivity contribution is 0.402. The van der Waals surface area contributed by atoms with Crippen LogP contribution in [-0.4, -0.2) is 21.7 Å². The molecule has 0 aliphatic carbocycles. The molecule has 1 atom stereocenters. The minimum atomic E-state index is -0.0846. The zero-order valence-corrected chi connectivity index (χ0v) is 12.7. The molecule has 2 aromatic rings. The van der Waals surface area contributed by atoms with Crippen molar-refractivity contribution in [2.45, 2.75) is 33.2 Å². The van der Waals surface area contributed by atoms with Crippen molar-refractivity contribution >= 4 is 0 Å². The van der Waals surface area contributed by atoms with Crippen LogP contribution in [0.2, 0.25) is 0 Å². The molecule has 112 valence electrons. The van der Waals surface area contributed by atoms with E-state index in [1.165, 1.54) is 17.2 Å². The van der Waals surface area contributed by atoms with Gasteiger partial charge in [0.25, 0.3) is 0 Å². The van der Waals surface area contributed by atoms with E-state index in [0.29, 0.717) is 0 Å². The van der Waals surface area contributed by atoms with Gasteiger partial charge in [0.1, 0.15) is 0 Å². The van der Waals surface area contributed by atoms with E-state index in [0.717, 1.165) is 24.3 Å². The van der Waals surface area contributed by atoms with Gasteiger partial charge in [-0.3, -0.25) is 4.98 Å². The van der Waals surface area contributed by atoms with Crippen LogP contribution in [-0.2, 0) is 6.54 Å². The molecule has 1 unspecified atom stereocenters. The minimum absolute atomic E-state index is 0.0737. The van der Waals surface area contributed by atoms with E-state index < -0.39 is 0 Å². The largest absolute Gasteiger partial charge is 0.504 e. The lowest BCUT2D eigenvalue weighted by Gasteiger charge is -2.27. The first-order valence-electron chi connectivity index (χ1n) is 7.33. The Morgan fingerprint density at radius 3 is 2.62 bits per heavy atom. The Hall–Kier alpha value is -2.07. The van der Waals surface area contributed by atoms with E-state index in [9.17, 15) is 10.2 Å². The van der Waals surface area contributed by atoms with Gasteiger partial charge in [-0.1, -0.05) is 19.9 Å². The number of pyridine rings is 1. The fraction of sp³-hybridized carbons (Fsp3) is 0.353. The standard InChI is InChI=1S/C15H16N2O2.C2H6/c1-9-4-12-11(7-17-9)6-16-8-13(12)10-2-3-14(18)15(19)5-10;1-2/h2-5,7,13,16,18-19H,6,8H2,1H3;1-2H3. The van der Waals surface area contributed by atoms with Crippen LogP contribution in [0.5, 0.6) is 11.5 Å². The fourth-order valence-electron chi connectivity index (χ4n) is 2.60. The van der Waals surface area contributed by atoms with Gasteiger partial charge in [0.15, 0.2) is 11.5 Å². The summed E-state index contributed by atoms with van der Waals surface area (Å²) in [6.07, 6.45) is 1.91. The number of aryl methyl sites for hydroxylation is 1. The second kappa shape index (κ2) is 6.59. The molecule has 21 heavy (non-hydrogen) atoms. The molecule has 1 aliphatic heterocycles. The highest BCUT2D eigenvalue weighted by Gasteiger charge is 2.22. The Balaban J connectivity index is 0.000000774. The van der Waals surface area contributed by atoms with Crippen LogP contribution in [0.4, 0.5) is 0 Å². The highest BCUT2D eigenvalue weighted by molar-refractivity contribution is 5.46. The molecular formula is C17H22N2O2. The van der Waals surface area contributed by atoms with Gasteiger partial charge < -0.3 is 15.5 Å². The first-order chi connectivity index (χ1) is 10.1. The molecule has 0 saturated heterocycles. The molecule has 1 aromatic heterocycles. The van der Waals surface area contributed by atoms with Gasteiger partial charge in [0.2, 0.25) is 0 Å². The summed E-state index contributed by atoms with van der Waals surface area (Å²) in [5, 5.41) is 22.4. The average Bonchev–Trinajstić information content (AvgIpc) is 2.51. The third-order valence-corrected chi connectivity index (χ3v) is 3.60. The zero-order chi connectivity index (χ0) is 15.4. The van der Waals surface area contributed by atoms with Crippen molar-refractivity contribution in [1.29, 1.82) is 0 Å². The molecule has 0 radical (unpaired) electrons. The van der Waals surface area contributed by atoms with Crippen LogP contribution in [0.15, 0.2) is 30.5 Å². The topological polar surface area (TPSA) is 65.4 Å². The molecule has 1 aliphatic rings. The first-order valence-corrected chi connectivity index (χ1v) is 7.33. The van der Waals surface area contributed by atoms with Crippen molar-refractivity contribution in [1.82, 2.24) is 10.3 Å². The maximum atomic E-state index is 9.65. The Morgan fingerprint density at radius 1 is 1.14 bits per heavy atom. The summed E-state index contributed by atoms with van der Waals surface area (Å²) in [6, 6.07) is 7.12. The summed E-state index contributed by atoms with van der Waals surface area (Å²) in [5.74, 6) is 0.0194. The van der Waals surface area contributed by atoms with E-state index in [1.54, 1.807) is 6.07 Å². The number of aromatic nitrogens is 1. The number of phenols is 2. The summed E-state index contributed by atoms with van der Waals surface area (Å²) >= 11 is 0. The second-order valence-corrected chi connectivity index (χ2v) is 4.96. The van der Waals surface area contributed by atoms with Crippen LogP contribution < -0.4 is 5.32 Å². The molecule has 0 saturated carbocycles. The van der Waals surface area contributed by atoms with E-state index in [1.807, 2.05) is 33.0 Å². The first kappa shape index (κ1) is 15.3. The predicted octanol–water partition coefficient (Wildman–Crippen LogP) is 3.06. The van der Waals surface area contributed by atoms with Crippen molar-refractivity contribution in [3.8, 4) is 11.5 Å². The summed E-state index contributed by atoms with van der Waals surface area (Å²) in [5.41, 5.74) is 4.42. The van der Waals surface area contributed by atoms with Crippen molar-refractivity contribution in [3.05, 3.63) is 52.8 Å². The number of nitrogens with one attached hydrogen (secondary N) is 1. The van der Waals surface area contributed by atoms with Crippen LogP contribution in [0.3, 0.4) is 0 Å². The average molecular weight is 286 g/mol. The van der Waals surface area contributed by atoms with Crippen LogP contribution in [0.1, 0.15) is 42.1 Å². The predicted molar refractivity (Wildman–Crippen MR) is 83.6 cm³/mol. The highest BCUT2D eigenvalue weighted by Crippen LogP contribution is 2.34. The van der Waals surface area contributed by atoms with E-state index >= 15 is 0 Å². The van der Waals surface area contributed by atoms with E-state index in [-0.39, 0.29) is 17.4 Å². The molecular weight excluding hydrogens is 264 g/mol. The van der Waals surface area contributed by atoms with Crippen molar-refractivity contribution in [2.24, 2.45) is 0 Å². The number of fused-ring (bicyclic) bond motifs is 1. The number of rotatable bonds is 1. The molecule has 0 bridgehead atoms. The van der Waals surface area contributed by atoms with Crippen LogP contribution >= 0.6 is 0 Å². The van der Waals surface area contributed by atoms with Gasteiger partial charge in [-0.05, 0) is 41.8 Å². The Morgan fingerprint density at radius 2 is 1.90 bits per heavy atom. The number of hydrogen-bond acceptors (Lipinski definition) is 4. The van der Waals surface area contributed by atoms with Gasteiger partial charge in [0, 0.05) is 30.9 Å².